The van der Waals surface area contributed by atoms with Gasteiger partial charge in [0.15, 0.2) is 0 Å². The number of piperazine rings is 1. The van der Waals surface area contributed by atoms with Gasteiger partial charge in [-0.05, 0) is 82.7 Å². The smallest absolute Gasteiger partial charge is 0.410 e. The Balaban J connectivity index is 1.52. The molecule has 1 aromatic rings. The van der Waals surface area contributed by atoms with Crippen molar-refractivity contribution in [3.05, 3.63) is 33.8 Å². The highest BCUT2D eigenvalue weighted by molar-refractivity contribution is 6.30. The Kier molecular flexibility index (Phi) is 10.6. The number of carbonyl (C=O) groups is 3. The van der Waals surface area contributed by atoms with Gasteiger partial charge in [0, 0.05) is 69.6 Å². The van der Waals surface area contributed by atoms with E-state index in [1.807, 2.05) is 32.9 Å². The van der Waals surface area contributed by atoms with Gasteiger partial charge in [-0.25, -0.2) is 4.79 Å². The van der Waals surface area contributed by atoms with E-state index in [-0.39, 0.29) is 23.8 Å². The van der Waals surface area contributed by atoms with E-state index in [1.165, 1.54) is 17.7 Å². The fourth-order valence-electron chi connectivity index (χ4n) is 5.54. The van der Waals surface area contributed by atoms with Crippen molar-refractivity contribution < 1.29 is 19.1 Å². The van der Waals surface area contributed by atoms with E-state index in [4.69, 9.17) is 16.3 Å². The predicted octanol–water partition coefficient (Wildman–Crippen LogP) is 5.63. The molecule has 2 amide bonds. The Morgan fingerprint density at radius 3 is 2.39 bits per heavy atom. The second kappa shape index (κ2) is 13.3. The molecule has 0 spiro atoms. The molecule has 1 atom stereocenters. The van der Waals surface area contributed by atoms with Crippen molar-refractivity contribution in [3.8, 4) is 0 Å². The summed E-state index contributed by atoms with van der Waals surface area (Å²) in [5.74, 6) is 0.690. The molecule has 0 aromatic heterocycles. The van der Waals surface area contributed by atoms with Crippen LogP contribution in [0.25, 0.3) is 0 Å². The number of hydrogen-bond acceptors (Lipinski definition) is 5. The lowest BCUT2D eigenvalue weighted by molar-refractivity contribution is -0.140. The SMILES string of the molecule is Cc1c(CC(=O)CCCN(C)C(=O)OC(C)(C)C)cc(Cl)cc1CN1CCN(C(=O)C2CCCC2)[C@@H](C)C1. The van der Waals surface area contributed by atoms with Crippen molar-refractivity contribution >= 4 is 29.4 Å². The van der Waals surface area contributed by atoms with E-state index in [0.29, 0.717) is 36.7 Å². The van der Waals surface area contributed by atoms with Crippen LogP contribution in [0.2, 0.25) is 5.02 Å². The third-order valence-electron chi connectivity index (χ3n) is 7.72. The zero-order valence-electron chi connectivity index (χ0n) is 24.1. The van der Waals surface area contributed by atoms with Crippen molar-refractivity contribution in [2.24, 2.45) is 5.92 Å². The zero-order valence-corrected chi connectivity index (χ0v) is 24.9. The van der Waals surface area contributed by atoms with Crippen molar-refractivity contribution in [1.29, 1.82) is 0 Å². The summed E-state index contributed by atoms with van der Waals surface area (Å²) in [5.41, 5.74) is 2.65. The molecule has 0 bridgehead atoms. The third-order valence-corrected chi connectivity index (χ3v) is 7.94. The lowest BCUT2D eigenvalue weighted by Crippen LogP contribution is -2.54. The molecule has 1 aliphatic heterocycles. The van der Waals surface area contributed by atoms with Crippen LogP contribution in [0.4, 0.5) is 4.79 Å². The lowest BCUT2D eigenvalue weighted by atomic mass is 9.96. The fraction of sp³-hybridized carbons (Fsp3) is 0.700. The molecule has 8 heteroatoms. The molecule has 1 saturated heterocycles. The van der Waals surface area contributed by atoms with Crippen LogP contribution in [0.15, 0.2) is 12.1 Å². The van der Waals surface area contributed by atoms with Crippen molar-refractivity contribution in [3.63, 3.8) is 0 Å². The second-order valence-corrected chi connectivity index (χ2v) is 12.6. The number of benzene rings is 1. The Hall–Kier alpha value is -2.12. The van der Waals surface area contributed by atoms with Gasteiger partial charge in [0.1, 0.15) is 11.4 Å². The summed E-state index contributed by atoms with van der Waals surface area (Å²) in [6.07, 6.45) is 5.35. The Morgan fingerprint density at radius 1 is 1.11 bits per heavy atom. The summed E-state index contributed by atoms with van der Waals surface area (Å²) in [6, 6.07) is 4.09. The van der Waals surface area contributed by atoms with Gasteiger partial charge in [-0.1, -0.05) is 24.4 Å². The molecular formula is C30H46ClN3O4. The largest absolute Gasteiger partial charge is 0.444 e. The zero-order chi connectivity index (χ0) is 28.0. The molecule has 1 aromatic carbocycles. The first kappa shape index (κ1) is 30.4. The topological polar surface area (TPSA) is 70.2 Å². The molecule has 2 fully saturated rings. The van der Waals surface area contributed by atoms with Crippen LogP contribution in [0.3, 0.4) is 0 Å². The highest BCUT2D eigenvalue weighted by Crippen LogP contribution is 2.29. The van der Waals surface area contributed by atoms with Crippen LogP contribution in [0.1, 0.15) is 82.9 Å². The van der Waals surface area contributed by atoms with E-state index >= 15 is 0 Å². The maximum atomic E-state index is 13.0. The Morgan fingerprint density at radius 2 is 1.76 bits per heavy atom. The molecule has 1 heterocycles. The highest BCUT2D eigenvalue weighted by atomic mass is 35.5. The van der Waals surface area contributed by atoms with E-state index < -0.39 is 5.60 Å². The van der Waals surface area contributed by atoms with Gasteiger partial charge in [-0.2, -0.15) is 0 Å². The van der Waals surface area contributed by atoms with Crippen molar-refractivity contribution in [2.45, 2.75) is 97.8 Å². The maximum absolute atomic E-state index is 13.0. The Bertz CT molecular complexity index is 1000. The summed E-state index contributed by atoms with van der Waals surface area (Å²) in [5, 5.41) is 0.640. The van der Waals surface area contributed by atoms with Crippen LogP contribution < -0.4 is 0 Å². The van der Waals surface area contributed by atoms with E-state index in [2.05, 4.69) is 23.6 Å². The van der Waals surface area contributed by atoms with E-state index in [9.17, 15) is 14.4 Å². The van der Waals surface area contributed by atoms with E-state index in [0.717, 1.165) is 55.7 Å². The third kappa shape index (κ3) is 8.70. The first-order chi connectivity index (χ1) is 17.8. The number of halogens is 1. The number of ether oxygens (including phenoxy) is 1. The molecule has 3 rings (SSSR count). The van der Waals surface area contributed by atoms with Gasteiger partial charge in [0.2, 0.25) is 5.91 Å². The van der Waals surface area contributed by atoms with Crippen molar-refractivity contribution in [1.82, 2.24) is 14.7 Å². The monoisotopic (exact) mass is 547 g/mol. The minimum Gasteiger partial charge on any atom is -0.444 e. The van der Waals surface area contributed by atoms with Gasteiger partial charge in [-0.15, -0.1) is 0 Å². The molecule has 38 heavy (non-hydrogen) atoms. The summed E-state index contributed by atoms with van der Waals surface area (Å²) < 4.78 is 5.37. The minimum atomic E-state index is -0.540. The number of nitrogens with zero attached hydrogens (tertiary/aromatic N) is 3. The van der Waals surface area contributed by atoms with Gasteiger partial charge >= 0.3 is 6.09 Å². The Labute approximate surface area is 233 Å². The number of rotatable bonds is 9. The average molecular weight is 548 g/mol. The molecule has 0 radical (unpaired) electrons. The maximum Gasteiger partial charge on any atom is 0.410 e. The molecule has 1 saturated carbocycles. The molecule has 0 unspecified atom stereocenters. The van der Waals surface area contributed by atoms with Crippen LogP contribution in [-0.2, 0) is 27.3 Å². The quantitative estimate of drug-likeness (QED) is 0.401. The number of carbonyl (C=O) groups excluding carboxylic acids is 3. The van der Waals surface area contributed by atoms with Gasteiger partial charge in [-0.3, -0.25) is 14.5 Å². The number of hydrogen-bond donors (Lipinski definition) is 0. The van der Waals surface area contributed by atoms with Gasteiger partial charge in [0.25, 0.3) is 0 Å². The number of Topliss-reactive ketones (excluding diaryl/α,β-unsaturated/α-hetero) is 1. The average Bonchev–Trinajstić information content (AvgIpc) is 3.35. The molecule has 7 nitrogen and oxygen atoms in total. The van der Waals surface area contributed by atoms with Gasteiger partial charge in [0.05, 0.1) is 0 Å². The second-order valence-electron chi connectivity index (χ2n) is 12.2. The summed E-state index contributed by atoms with van der Waals surface area (Å²) in [7, 11) is 1.69. The molecule has 212 valence electrons. The molecule has 0 N–H and O–H groups in total. The summed E-state index contributed by atoms with van der Waals surface area (Å²) in [6.45, 7) is 13.4. The standard InChI is InChI=1S/C30H46ClN3O4/c1-21-19-33(14-15-34(21)28(36)23-10-7-8-11-23)20-25-17-26(31)16-24(22(25)2)18-27(35)12-9-13-32(6)29(37)38-30(3,4)5/h16-17,21,23H,7-15,18-20H2,1-6H3/t21-/m0/s1. The first-order valence-corrected chi connectivity index (χ1v) is 14.5. The van der Waals surface area contributed by atoms with Crippen LogP contribution in [0, 0.1) is 12.8 Å². The highest BCUT2D eigenvalue weighted by Gasteiger charge is 2.33. The summed E-state index contributed by atoms with van der Waals surface area (Å²) in [4.78, 5) is 43.9. The summed E-state index contributed by atoms with van der Waals surface area (Å²) >= 11 is 6.48. The normalized spacial score (nSPS) is 19.0. The molecule has 2 aliphatic rings. The van der Waals surface area contributed by atoms with E-state index in [1.54, 1.807) is 7.05 Å². The van der Waals surface area contributed by atoms with Crippen LogP contribution in [-0.4, -0.2) is 77.4 Å². The van der Waals surface area contributed by atoms with Crippen LogP contribution in [0.5, 0.6) is 0 Å². The number of amides is 2. The van der Waals surface area contributed by atoms with Crippen LogP contribution >= 0.6 is 11.6 Å². The lowest BCUT2D eigenvalue weighted by Gasteiger charge is -2.41. The van der Waals surface area contributed by atoms with Gasteiger partial charge < -0.3 is 14.5 Å². The molecule has 1 aliphatic carbocycles. The number of ketones is 1. The van der Waals surface area contributed by atoms with Crippen molar-refractivity contribution in [2.75, 3.05) is 33.2 Å². The predicted molar refractivity (Wildman–Crippen MR) is 151 cm³/mol. The fourth-order valence-corrected chi connectivity index (χ4v) is 5.81. The minimum absolute atomic E-state index is 0.131. The first-order valence-electron chi connectivity index (χ1n) is 14.1. The molecular weight excluding hydrogens is 502 g/mol.